The Morgan fingerprint density at radius 3 is 3.20 bits per heavy atom. The van der Waals surface area contributed by atoms with Crippen molar-refractivity contribution in [3.8, 4) is 0 Å². The van der Waals surface area contributed by atoms with Crippen molar-refractivity contribution < 1.29 is 0 Å². The highest BCUT2D eigenvalue weighted by Gasteiger charge is 2.27. The molecule has 108 valence electrons. The van der Waals surface area contributed by atoms with E-state index in [1.54, 1.807) is 16.7 Å². The predicted molar refractivity (Wildman–Crippen MR) is 81.0 cm³/mol. The summed E-state index contributed by atoms with van der Waals surface area (Å²) in [7, 11) is 0. The number of thiazole rings is 1. The van der Waals surface area contributed by atoms with Crippen molar-refractivity contribution in [1.29, 1.82) is 0 Å². The molecule has 2 aromatic rings. The first-order chi connectivity index (χ1) is 9.69. The Kier molecular flexibility index (Phi) is 3.87. The van der Waals surface area contributed by atoms with Crippen LogP contribution in [0.4, 0.5) is 0 Å². The van der Waals surface area contributed by atoms with Gasteiger partial charge >= 0.3 is 0 Å². The van der Waals surface area contributed by atoms with Crippen LogP contribution in [0.3, 0.4) is 0 Å². The topological polar surface area (TPSA) is 63.6 Å². The molecule has 6 heteroatoms. The van der Waals surface area contributed by atoms with Crippen molar-refractivity contribution >= 4 is 16.3 Å². The summed E-state index contributed by atoms with van der Waals surface area (Å²) in [4.78, 5) is 19.7. The number of hydrogen-bond donors (Lipinski definition) is 1. The summed E-state index contributed by atoms with van der Waals surface area (Å²) >= 11 is 1.49. The molecular formula is C14H20N4OS. The first-order valence-corrected chi connectivity index (χ1v) is 7.97. The Balaban J connectivity index is 1.86. The average Bonchev–Trinajstić information content (AvgIpc) is 2.88. The quantitative estimate of drug-likeness (QED) is 0.926. The summed E-state index contributed by atoms with van der Waals surface area (Å²) in [6, 6.07) is 2.04. The van der Waals surface area contributed by atoms with Crippen LogP contribution in [0.1, 0.15) is 25.5 Å². The molecule has 0 aliphatic carbocycles. The van der Waals surface area contributed by atoms with Crippen molar-refractivity contribution in [1.82, 2.24) is 14.3 Å². The molecule has 2 aromatic heterocycles. The van der Waals surface area contributed by atoms with Gasteiger partial charge in [0, 0.05) is 36.8 Å². The van der Waals surface area contributed by atoms with E-state index in [4.69, 9.17) is 5.73 Å². The molecular weight excluding hydrogens is 272 g/mol. The molecule has 0 spiro atoms. The molecule has 0 aromatic carbocycles. The second-order valence-corrected chi connectivity index (χ2v) is 6.41. The molecule has 0 saturated carbocycles. The largest absolute Gasteiger partial charge is 0.329 e. The summed E-state index contributed by atoms with van der Waals surface area (Å²) in [5.41, 5.74) is 6.77. The number of hydrogen-bond acceptors (Lipinski definition) is 5. The minimum Gasteiger partial charge on any atom is -0.329 e. The van der Waals surface area contributed by atoms with Gasteiger partial charge in [0.15, 0.2) is 4.96 Å². The summed E-state index contributed by atoms with van der Waals surface area (Å²) in [5.74, 6) is 0.611. The second kappa shape index (κ2) is 5.63. The van der Waals surface area contributed by atoms with E-state index in [1.807, 2.05) is 5.38 Å². The Morgan fingerprint density at radius 1 is 1.55 bits per heavy atom. The van der Waals surface area contributed by atoms with Gasteiger partial charge in [-0.15, -0.1) is 11.3 Å². The van der Waals surface area contributed by atoms with Crippen molar-refractivity contribution in [3.05, 3.63) is 33.7 Å². The first-order valence-electron chi connectivity index (χ1n) is 7.09. The van der Waals surface area contributed by atoms with Crippen LogP contribution >= 0.6 is 11.3 Å². The van der Waals surface area contributed by atoms with Crippen molar-refractivity contribution in [2.24, 2.45) is 11.7 Å². The van der Waals surface area contributed by atoms with E-state index in [0.717, 1.165) is 23.7 Å². The van der Waals surface area contributed by atoms with Gasteiger partial charge in [-0.3, -0.25) is 14.1 Å². The van der Waals surface area contributed by atoms with Crippen LogP contribution in [0.5, 0.6) is 0 Å². The second-order valence-electron chi connectivity index (χ2n) is 5.53. The van der Waals surface area contributed by atoms with E-state index >= 15 is 0 Å². The smallest absolute Gasteiger partial charge is 0.258 e. The van der Waals surface area contributed by atoms with E-state index < -0.39 is 0 Å². The number of rotatable bonds is 3. The molecule has 0 radical (unpaired) electrons. The lowest BCUT2D eigenvalue weighted by Gasteiger charge is -2.39. The van der Waals surface area contributed by atoms with Crippen molar-refractivity contribution in [3.63, 3.8) is 0 Å². The molecule has 1 saturated heterocycles. The maximum atomic E-state index is 12.0. The minimum absolute atomic E-state index is 0.000561. The van der Waals surface area contributed by atoms with Crippen LogP contribution in [-0.4, -0.2) is 33.4 Å². The van der Waals surface area contributed by atoms with Gasteiger partial charge in [0.2, 0.25) is 0 Å². The third kappa shape index (κ3) is 2.51. The SMILES string of the molecule is CC1CCCN(Cc2cc(=O)n3ccsc3n2)C1CN. The van der Waals surface area contributed by atoms with Gasteiger partial charge in [0.05, 0.1) is 5.69 Å². The zero-order valence-corrected chi connectivity index (χ0v) is 12.5. The molecule has 1 aliphatic rings. The van der Waals surface area contributed by atoms with Gasteiger partial charge in [0.25, 0.3) is 5.56 Å². The highest BCUT2D eigenvalue weighted by atomic mass is 32.1. The van der Waals surface area contributed by atoms with Crippen LogP contribution in [0.15, 0.2) is 22.4 Å². The number of likely N-dealkylation sites (tertiary alicyclic amines) is 1. The van der Waals surface area contributed by atoms with Crippen LogP contribution in [0.2, 0.25) is 0 Å². The summed E-state index contributed by atoms with van der Waals surface area (Å²) in [6.45, 7) is 4.68. The number of piperidine rings is 1. The molecule has 5 nitrogen and oxygen atoms in total. The summed E-state index contributed by atoms with van der Waals surface area (Å²) < 4.78 is 1.59. The Bertz CT molecular complexity index is 650. The Morgan fingerprint density at radius 2 is 2.40 bits per heavy atom. The number of fused-ring (bicyclic) bond motifs is 1. The van der Waals surface area contributed by atoms with Crippen LogP contribution in [0, 0.1) is 5.92 Å². The normalized spacial score (nSPS) is 24.3. The van der Waals surface area contributed by atoms with Gasteiger partial charge < -0.3 is 5.73 Å². The molecule has 2 atom stereocenters. The molecule has 3 heterocycles. The van der Waals surface area contributed by atoms with Crippen molar-refractivity contribution in [2.75, 3.05) is 13.1 Å². The number of nitrogens with two attached hydrogens (primary N) is 1. The van der Waals surface area contributed by atoms with Crippen LogP contribution in [-0.2, 0) is 6.54 Å². The molecule has 2 N–H and O–H groups in total. The van der Waals surface area contributed by atoms with Crippen LogP contribution < -0.4 is 11.3 Å². The lowest BCUT2D eigenvalue weighted by molar-refractivity contribution is 0.0978. The number of aromatic nitrogens is 2. The first kappa shape index (κ1) is 13.7. The fourth-order valence-electron chi connectivity index (χ4n) is 3.09. The average molecular weight is 292 g/mol. The highest BCUT2D eigenvalue weighted by molar-refractivity contribution is 7.15. The zero-order valence-electron chi connectivity index (χ0n) is 11.7. The molecule has 0 amide bonds. The maximum Gasteiger partial charge on any atom is 0.258 e. The Hall–Kier alpha value is -1.24. The lowest BCUT2D eigenvalue weighted by Crippen LogP contribution is -2.48. The lowest BCUT2D eigenvalue weighted by atomic mass is 9.90. The molecule has 1 fully saturated rings. The number of nitrogens with zero attached hydrogens (tertiary/aromatic N) is 3. The van der Waals surface area contributed by atoms with E-state index in [-0.39, 0.29) is 5.56 Å². The van der Waals surface area contributed by atoms with Gasteiger partial charge in [-0.1, -0.05) is 6.92 Å². The third-order valence-corrected chi connectivity index (χ3v) is 4.95. The van der Waals surface area contributed by atoms with E-state index in [2.05, 4.69) is 16.8 Å². The zero-order chi connectivity index (χ0) is 14.1. The highest BCUT2D eigenvalue weighted by Crippen LogP contribution is 2.23. The van der Waals surface area contributed by atoms with Gasteiger partial charge in [-0.25, -0.2) is 4.98 Å². The molecule has 1 aliphatic heterocycles. The molecule has 0 bridgehead atoms. The monoisotopic (exact) mass is 292 g/mol. The standard InChI is InChI=1S/C14H20N4OS/c1-10-3-2-4-17(12(10)8-15)9-11-7-13(19)18-5-6-20-14(18)16-11/h5-7,10,12H,2-4,8-9,15H2,1H3. The van der Waals surface area contributed by atoms with Crippen molar-refractivity contribution in [2.45, 2.75) is 32.4 Å². The predicted octanol–water partition coefficient (Wildman–Crippen LogP) is 1.32. The van der Waals surface area contributed by atoms with Gasteiger partial charge in [0.1, 0.15) is 0 Å². The van der Waals surface area contributed by atoms with E-state index in [0.29, 0.717) is 18.5 Å². The third-order valence-electron chi connectivity index (χ3n) is 4.19. The van der Waals surface area contributed by atoms with E-state index in [1.165, 1.54) is 24.2 Å². The van der Waals surface area contributed by atoms with Gasteiger partial charge in [-0.05, 0) is 25.3 Å². The maximum absolute atomic E-state index is 12.0. The summed E-state index contributed by atoms with van der Waals surface area (Å²) in [5, 5.41) is 1.89. The molecule has 3 rings (SSSR count). The fraction of sp³-hybridized carbons (Fsp3) is 0.571. The minimum atomic E-state index is 0.000561. The molecule has 20 heavy (non-hydrogen) atoms. The Labute approximate surface area is 122 Å². The van der Waals surface area contributed by atoms with E-state index in [9.17, 15) is 4.79 Å². The fourth-order valence-corrected chi connectivity index (χ4v) is 3.83. The summed E-state index contributed by atoms with van der Waals surface area (Å²) in [6.07, 6.45) is 4.20. The van der Waals surface area contributed by atoms with Crippen LogP contribution in [0.25, 0.3) is 4.96 Å². The molecule has 2 unspecified atom stereocenters. The van der Waals surface area contributed by atoms with Gasteiger partial charge in [-0.2, -0.15) is 0 Å².